The summed E-state index contributed by atoms with van der Waals surface area (Å²) in [5, 5.41) is 12.3. The van der Waals surface area contributed by atoms with Crippen LogP contribution in [0.4, 0.5) is 17.1 Å². The second-order valence-electron chi connectivity index (χ2n) is 4.27. The highest BCUT2D eigenvalue weighted by Gasteiger charge is 2.01. The summed E-state index contributed by atoms with van der Waals surface area (Å²) in [7, 11) is 0. The zero-order valence-electron chi connectivity index (χ0n) is 10.7. The molecule has 5 heteroatoms. The molecule has 0 atom stereocenters. The van der Waals surface area contributed by atoms with E-state index in [9.17, 15) is 9.90 Å². The number of anilines is 3. The second kappa shape index (κ2) is 5.79. The largest absolute Gasteiger partial charge is 0.507 e. The van der Waals surface area contributed by atoms with Crippen molar-refractivity contribution < 1.29 is 9.90 Å². The number of carbonyl (C=O) groups excluding carboxylic acids is 1. The average molecular weight is 269 g/mol. The van der Waals surface area contributed by atoms with E-state index in [2.05, 4.69) is 5.32 Å². The predicted octanol–water partition coefficient (Wildman–Crippen LogP) is 2.21. The maximum Gasteiger partial charge on any atom is 0.248 e. The van der Waals surface area contributed by atoms with E-state index in [0.717, 1.165) is 0 Å². The molecule has 1 amide bonds. The van der Waals surface area contributed by atoms with E-state index in [4.69, 9.17) is 11.5 Å². The Bertz CT molecular complexity index is 666. The number of carbonyl (C=O) groups is 1. The molecule has 0 unspecified atom stereocenters. The van der Waals surface area contributed by atoms with Crippen molar-refractivity contribution in [3.8, 4) is 5.75 Å². The summed E-state index contributed by atoms with van der Waals surface area (Å²) in [5.41, 5.74) is 13.4. The standard InChI is InChI=1S/C15H15N3O2/c16-11-2-1-3-13(9-11)18-15(20)7-4-10-8-12(17)5-6-14(10)19/h1-9,19H,16-17H2,(H,18,20). The maximum absolute atomic E-state index is 11.7. The number of aromatic hydroxyl groups is 1. The van der Waals surface area contributed by atoms with Gasteiger partial charge in [0.05, 0.1) is 0 Å². The van der Waals surface area contributed by atoms with Gasteiger partial charge in [-0.2, -0.15) is 0 Å². The highest BCUT2D eigenvalue weighted by Crippen LogP contribution is 2.21. The van der Waals surface area contributed by atoms with Crippen LogP contribution in [0, 0.1) is 0 Å². The van der Waals surface area contributed by atoms with Crippen LogP contribution >= 0.6 is 0 Å². The van der Waals surface area contributed by atoms with Crippen molar-refractivity contribution in [2.45, 2.75) is 0 Å². The minimum Gasteiger partial charge on any atom is -0.507 e. The van der Waals surface area contributed by atoms with Crippen molar-refractivity contribution in [3.63, 3.8) is 0 Å². The smallest absolute Gasteiger partial charge is 0.248 e. The second-order valence-corrected chi connectivity index (χ2v) is 4.27. The van der Waals surface area contributed by atoms with Crippen LogP contribution in [0.5, 0.6) is 5.75 Å². The number of phenols is 1. The monoisotopic (exact) mass is 269 g/mol. The topological polar surface area (TPSA) is 101 Å². The van der Waals surface area contributed by atoms with E-state index < -0.39 is 0 Å². The molecule has 5 nitrogen and oxygen atoms in total. The van der Waals surface area contributed by atoms with Gasteiger partial charge >= 0.3 is 0 Å². The van der Waals surface area contributed by atoms with Crippen LogP contribution < -0.4 is 16.8 Å². The Labute approximate surface area is 116 Å². The molecule has 6 N–H and O–H groups in total. The van der Waals surface area contributed by atoms with Crippen LogP contribution in [0.15, 0.2) is 48.5 Å². The molecule has 20 heavy (non-hydrogen) atoms. The predicted molar refractivity (Wildman–Crippen MR) is 81.0 cm³/mol. The Morgan fingerprint density at radius 2 is 1.85 bits per heavy atom. The summed E-state index contributed by atoms with van der Waals surface area (Å²) in [6.07, 6.45) is 2.81. The molecule has 0 radical (unpaired) electrons. The van der Waals surface area contributed by atoms with Crippen LogP contribution in [-0.2, 0) is 4.79 Å². The molecule has 0 aromatic heterocycles. The van der Waals surface area contributed by atoms with E-state index in [1.54, 1.807) is 36.4 Å². The lowest BCUT2D eigenvalue weighted by Gasteiger charge is -2.03. The lowest BCUT2D eigenvalue weighted by Crippen LogP contribution is -2.07. The molecule has 0 aliphatic carbocycles. The molecule has 0 aliphatic rings. The number of amides is 1. The fourth-order valence-corrected chi connectivity index (χ4v) is 1.67. The van der Waals surface area contributed by atoms with Crippen molar-refractivity contribution in [1.82, 2.24) is 0 Å². The Hall–Kier alpha value is -2.95. The van der Waals surface area contributed by atoms with Crippen LogP contribution in [0.25, 0.3) is 6.08 Å². The molecule has 102 valence electrons. The summed E-state index contributed by atoms with van der Waals surface area (Å²) in [4.78, 5) is 11.7. The molecule has 0 fully saturated rings. The third kappa shape index (κ3) is 3.52. The van der Waals surface area contributed by atoms with Gasteiger partial charge in [-0.3, -0.25) is 4.79 Å². The van der Waals surface area contributed by atoms with Crippen molar-refractivity contribution >= 4 is 29.0 Å². The minimum atomic E-state index is -0.322. The molecular formula is C15H15N3O2. The summed E-state index contributed by atoms with van der Waals surface area (Å²) in [6, 6.07) is 11.5. The summed E-state index contributed by atoms with van der Waals surface area (Å²) < 4.78 is 0. The number of nitrogen functional groups attached to an aromatic ring is 2. The Kier molecular flexibility index (Phi) is 3.91. The highest BCUT2D eigenvalue weighted by atomic mass is 16.3. The highest BCUT2D eigenvalue weighted by molar-refractivity contribution is 6.02. The lowest BCUT2D eigenvalue weighted by molar-refractivity contribution is -0.111. The number of hydrogen-bond donors (Lipinski definition) is 4. The summed E-state index contributed by atoms with van der Waals surface area (Å²) >= 11 is 0. The summed E-state index contributed by atoms with van der Waals surface area (Å²) in [5.74, 6) is -0.260. The lowest BCUT2D eigenvalue weighted by atomic mass is 10.1. The number of phenolic OH excluding ortho intramolecular Hbond substituents is 1. The molecule has 2 aromatic carbocycles. The van der Waals surface area contributed by atoms with Crippen LogP contribution in [0.2, 0.25) is 0 Å². The first-order chi connectivity index (χ1) is 9.54. The first-order valence-electron chi connectivity index (χ1n) is 5.98. The van der Waals surface area contributed by atoms with Gasteiger partial charge in [-0.25, -0.2) is 0 Å². The fourth-order valence-electron chi connectivity index (χ4n) is 1.67. The molecule has 0 heterocycles. The van der Waals surface area contributed by atoms with E-state index in [0.29, 0.717) is 22.6 Å². The number of rotatable bonds is 3. The molecule has 0 aliphatic heterocycles. The minimum absolute atomic E-state index is 0.0622. The Balaban J connectivity index is 2.07. The average Bonchev–Trinajstić information content (AvgIpc) is 2.40. The number of nitrogens with one attached hydrogen (secondary N) is 1. The zero-order valence-corrected chi connectivity index (χ0v) is 10.7. The van der Waals surface area contributed by atoms with E-state index in [-0.39, 0.29) is 11.7 Å². The van der Waals surface area contributed by atoms with Gasteiger partial charge in [0.1, 0.15) is 5.75 Å². The fraction of sp³-hybridized carbons (Fsp3) is 0. The molecule has 2 rings (SSSR count). The van der Waals surface area contributed by atoms with E-state index in [1.807, 2.05) is 0 Å². The van der Waals surface area contributed by atoms with Gasteiger partial charge in [-0.15, -0.1) is 0 Å². The number of benzene rings is 2. The Morgan fingerprint density at radius 1 is 1.10 bits per heavy atom. The normalized spacial score (nSPS) is 10.6. The first-order valence-corrected chi connectivity index (χ1v) is 5.98. The van der Waals surface area contributed by atoms with E-state index >= 15 is 0 Å². The van der Waals surface area contributed by atoms with Gasteiger partial charge in [0.2, 0.25) is 5.91 Å². The Morgan fingerprint density at radius 3 is 2.60 bits per heavy atom. The van der Waals surface area contributed by atoms with Crippen molar-refractivity contribution in [3.05, 3.63) is 54.1 Å². The SMILES string of the molecule is Nc1cccc(NC(=O)C=Cc2cc(N)ccc2O)c1. The van der Waals surface area contributed by atoms with Crippen LogP contribution in [0.3, 0.4) is 0 Å². The third-order valence-electron chi connectivity index (χ3n) is 2.62. The van der Waals surface area contributed by atoms with Crippen molar-refractivity contribution in [1.29, 1.82) is 0 Å². The van der Waals surface area contributed by atoms with Gasteiger partial charge in [-0.05, 0) is 42.5 Å². The third-order valence-corrected chi connectivity index (χ3v) is 2.62. The molecular weight excluding hydrogens is 254 g/mol. The van der Waals surface area contributed by atoms with Gasteiger partial charge in [-0.1, -0.05) is 6.07 Å². The molecule has 0 saturated heterocycles. The first kappa shape index (κ1) is 13.5. The maximum atomic E-state index is 11.7. The van der Waals surface area contributed by atoms with Gasteiger partial charge in [0.25, 0.3) is 0 Å². The quantitative estimate of drug-likeness (QED) is 0.390. The van der Waals surface area contributed by atoms with Crippen LogP contribution in [-0.4, -0.2) is 11.0 Å². The van der Waals surface area contributed by atoms with Crippen molar-refractivity contribution in [2.75, 3.05) is 16.8 Å². The summed E-state index contributed by atoms with van der Waals surface area (Å²) in [6.45, 7) is 0. The van der Waals surface area contributed by atoms with Gasteiger partial charge < -0.3 is 21.9 Å². The number of hydrogen-bond acceptors (Lipinski definition) is 4. The van der Waals surface area contributed by atoms with Gasteiger partial charge in [0.15, 0.2) is 0 Å². The van der Waals surface area contributed by atoms with Crippen LogP contribution in [0.1, 0.15) is 5.56 Å². The number of nitrogens with two attached hydrogens (primary N) is 2. The molecule has 0 bridgehead atoms. The molecule has 0 saturated carbocycles. The zero-order chi connectivity index (χ0) is 14.5. The van der Waals surface area contributed by atoms with Gasteiger partial charge in [0, 0.05) is 28.7 Å². The molecule has 2 aromatic rings. The van der Waals surface area contributed by atoms with Crippen molar-refractivity contribution in [2.24, 2.45) is 0 Å². The molecule has 0 spiro atoms. The van der Waals surface area contributed by atoms with E-state index in [1.165, 1.54) is 18.2 Å².